The first-order chi connectivity index (χ1) is 10.7. The van der Waals surface area contributed by atoms with Crippen LogP contribution in [-0.4, -0.2) is 46.7 Å². The second-order valence-electron chi connectivity index (χ2n) is 6.02. The molecule has 2 aliphatic rings. The van der Waals surface area contributed by atoms with Crippen molar-refractivity contribution in [3.05, 3.63) is 35.9 Å². The number of aromatic nitrogens is 3. The van der Waals surface area contributed by atoms with Gasteiger partial charge in [-0.2, -0.15) is 4.98 Å². The fourth-order valence-corrected chi connectivity index (χ4v) is 2.83. The normalized spacial score (nSPS) is 23.0. The fourth-order valence-electron chi connectivity index (χ4n) is 2.83. The van der Waals surface area contributed by atoms with E-state index in [9.17, 15) is 4.39 Å². The first-order valence-corrected chi connectivity index (χ1v) is 7.61. The lowest BCUT2D eigenvalue weighted by Crippen LogP contribution is -2.47. The van der Waals surface area contributed by atoms with E-state index < -0.39 is 0 Å². The van der Waals surface area contributed by atoms with Gasteiger partial charge in [0.25, 0.3) is 0 Å². The molecule has 3 heterocycles. The Labute approximate surface area is 127 Å². The zero-order valence-electron chi connectivity index (χ0n) is 12.4. The van der Waals surface area contributed by atoms with E-state index in [-0.39, 0.29) is 11.9 Å². The number of rotatable bonds is 3. The molecule has 0 aromatic carbocycles. The van der Waals surface area contributed by atoms with E-state index in [1.807, 2.05) is 11.9 Å². The van der Waals surface area contributed by atoms with E-state index >= 15 is 0 Å². The molecule has 0 N–H and O–H groups in total. The molecule has 0 bridgehead atoms. The predicted octanol–water partition coefficient (Wildman–Crippen LogP) is 1.97. The SMILES string of the molecule is CN1CCN(c2ncccc2F)C[C@H]1c1nc(C2CC2)no1. The van der Waals surface area contributed by atoms with Gasteiger partial charge in [-0.15, -0.1) is 0 Å². The maximum absolute atomic E-state index is 13.9. The molecule has 4 rings (SSSR count). The van der Waals surface area contributed by atoms with Gasteiger partial charge in [-0.3, -0.25) is 4.90 Å². The number of likely N-dealkylation sites (N-methyl/N-ethyl adjacent to an activating group) is 1. The van der Waals surface area contributed by atoms with Crippen LogP contribution in [0.1, 0.15) is 36.5 Å². The summed E-state index contributed by atoms with van der Waals surface area (Å²) in [5.41, 5.74) is 0. The zero-order chi connectivity index (χ0) is 15.1. The van der Waals surface area contributed by atoms with Crippen LogP contribution in [0.15, 0.2) is 22.9 Å². The van der Waals surface area contributed by atoms with Crippen LogP contribution in [0, 0.1) is 5.82 Å². The Bertz CT molecular complexity index is 671. The minimum atomic E-state index is -0.296. The summed E-state index contributed by atoms with van der Waals surface area (Å²) in [5, 5.41) is 4.08. The monoisotopic (exact) mass is 303 g/mol. The van der Waals surface area contributed by atoms with Gasteiger partial charge in [0.05, 0.1) is 0 Å². The van der Waals surface area contributed by atoms with E-state index in [4.69, 9.17) is 4.52 Å². The van der Waals surface area contributed by atoms with Crippen molar-refractivity contribution in [2.24, 2.45) is 0 Å². The van der Waals surface area contributed by atoms with E-state index in [2.05, 4.69) is 20.0 Å². The van der Waals surface area contributed by atoms with Crippen molar-refractivity contribution in [3.8, 4) is 0 Å². The lowest BCUT2D eigenvalue weighted by atomic mass is 10.1. The summed E-state index contributed by atoms with van der Waals surface area (Å²) in [6, 6.07) is 3.01. The number of piperazine rings is 1. The van der Waals surface area contributed by atoms with Crippen LogP contribution in [0.25, 0.3) is 0 Å². The van der Waals surface area contributed by atoms with E-state index in [0.717, 1.165) is 31.8 Å². The Balaban J connectivity index is 1.57. The Morgan fingerprint density at radius 2 is 2.18 bits per heavy atom. The average Bonchev–Trinajstić information content (AvgIpc) is 3.27. The van der Waals surface area contributed by atoms with Gasteiger partial charge in [-0.05, 0) is 32.0 Å². The first-order valence-electron chi connectivity index (χ1n) is 7.61. The zero-order valence-corrected chi connectivity index (χ0v) is 12.4. The quantitative estimate of drug-likeness (QED) is 0.864. The third kappa shape index (κ3) is 2.45. The highest BCUT2D eigenvalue weighted by Gasteiger charge is 2.34. The van der Waals surface area contributed by atoms with Crippen LogP contribution in [0.4, 0.5) is 10.2 Å². The van der Waals surface area contributed by atoms with Gasteiger partial charge in [0, 0.05) is 31.7 Å². The van der Waals surface area contributed by atoms with Crippen molar-refractivity contribution >= 4 is 5.82 Å². The minimum absolute atomic E-state index is 0.0323. The van der Waals surface area contributed by atoms with Crippen molar-refractivity contribution in [2.45, 2.75) is 24.8 Å². The Morgan fingerprint density at radius 3 is 2.95 bits per heavy atom. The number of anilines is 1. The second kappa shape index (κ2) is 5.31. The molecule has 2 fully saturated rings. The molecule has 22 heavy (non-hydrogen) atoms. The van der Waals surface area contributed by atoms with Crippen molar-refractivity contribution in [3.63, 3.8) is 0 Å². The third-order valence-electron chi connectivity index (χ3n) is 4.37. The van der Waals surface area contributed by atoms with E-state index in [1.165, 1.54) is 6.07 Å². The van der Waals surface area contributed by atoms with Crippen molar-refractivity contribution in [1.29, 1.82) is 0 Å². The smallest absolute Gasteiger partial charge is 0.245 e. The molecule has 1 aliphatic heterocycles. The summed E-state index contributed by atoms with van der Waals surface area (Å²) >= 11 is 0. The van der Waals surface area contributed by atoms with E-state index in [1.54, 1.807) is 12.3 Å². The van der Waals surface area contributed by atoms with Crippen LogP contribution in [0.5, 0.6) is 0 Å². The maximum atomic E-state index is 13.9. The maximum Gasteiger partial charge on any atom is 0.245 e. The van der Waals surface area contributed by atoms with Crippen molar-refractivity contribution < 1.29 is 8.91 Å². The highest BCUT2D eigenvalue weighted by atomic mass is 19.1. The lowest BCUT2D eigenvalue weighted by molar-refractivity contribution is 0.177. The lowest BCUT2D eigenvalue weighted by Gasteiger charge is -2.38. The van der Waals surface area contributed by atoms with Crippen LogP contribution in [0.2, 0.25) is 0 Å². The second-order valence-corrected chi connectivity index (χ2v) is 6.02. The summed E-state index contributed by atoms with van der Waals surface area (Å²) in [6.07, 6.45) is 3.90. The summed E-state index contributed by atoms with van der Waals surface area (Å²) in [5.74, 6) is 1.99. The molecule has 0 radical (unpaired) electrons. The molecule has 1 saturated carbocycles. The van der Waals surface area contributed by atoms with Gasteiger partial charge >= 0.3 is 0 Å². The van der Waals surface area contributed by atoms with Gasteiger partial charge in [-0.1, -0.05) is 5.16 Å². The predicted molar refractivity (Wildman–Crippen MR) is 78.1 cm³/mol. The first kappa shape index (κ1) is 13.6. The van der Waals surface area contributed by atoms with Crippen LogP contribution < -0.4 is 4.90 Å². The summed E-state index contributed by atoms with van der Waals surface area (Å²) in [4.78, 5) is 12.8. The highest BCUT2D eigenvalue weighted by Crippen LogP contribution is 2.39. The largest absolute Gasteiger partial charge is 0.351 e. The number of hydrogen-bond donors (Lipinski definition) is 0. The Hall–Kier alpha value is -2.02. The van der Waals surface area contributed by atoms with Crippen LogP contribution in [0.3, 0.4) is 0 Å². The molecule has 1 saturated heterocycles. The molecule has 2 aromatic rings. The molecule has 0 amide bonds. The number of nitrogens with zero attached hydrogens (tertiary/aromatic N) is 5. The van der Waals surface area contributed by atoms with Gasteiger partial charge < -0.3 is 9.42 Å². The molecule has 2 aromatic heterocycles. The topological polar surface area (TPSA) is 58.3 Å². The molecular weight excluding hydrogens is 285 g/mol. The van der Waals surface area contributed by atoms with Crippen molar-refractivity contribution in [1.82, 2.24) is 20.0 Å². The number of halogens is 1. The standard InChI is InChI=1S/C15H18FN5O/c1-20-7-8-21(14-11(16)3-2-6-17-14)9-12(20)15-18-13(19-22-15)10-4-5-10/h2-3,6,10,12H,4-5,7-9H2,1H3/t12-/m0/s1. The summed E-state index contributed by atoms with van der Waals surface area (Å²) in [6.45, 7) is 2.11. The number of pyridine rings is 1. The molecule has 1 atom stereocenters. The molecular formula is C15H18FN5O. The van der Waals surface area contributed by atoms with Gasteiger partial charge in [0.1, 0.15) is 6.04 Å². The average molecular weight is 303 g/mol. The van der Waals surface area contributed by atoms with Crippen LogP contribution >= 0.6 is 0 Å². The van der Waals surface area contributed by atoms with Crippen molar-refractivity contribution in [2.75, 3.05) is 31.6 Å². The third-order valence-corrected chi connectivity index (χ3v) is 4.37. The molecule has 0 unspecified atom stereocenters. The summed E-state index contributed by atoms with van der Waals surface area (Å²) in [7, 11) is 2.03. The highest BCUT2D eigenvalue weighted by molar-refractivity contribution is 5.40. The van der Waals surface area contributed by atoms with Gasteiger partial charge in [0.15, 0.2) is 17.5 Å². The Kier molecular flexibility index (Phi) is 3.29. The Morgan fingerprint density at radius 1 is 1.32 bits per heavy atom. The molecule has 116 valence electrons. The van der Waals surface area contributed by atoms with Gasteiger partial charge in [0.2, 0.25) is 5.89 Å². The molecule has 0 spiro atoms. The molecule has 1 aliphatic carbocycles. The van der Waals surface area contributed by atoms with E-state index in [0.29, 0.717) is 24.2 Å². The number of hydrogen-bond acceptors (Lipinski definition) is 6. The molecule has 7 heteroatoms. The molecule has 6 nitrogen and oxygen atoms in total. The fraction of sp³-hybridized carbons (Fsp3) is 0.533. The minimum Gasteiger partial charge on any atom is -0.351 e. The van der Waals surface area contributed by atoms with Gasteiger partial charge in [-0.25, -0.2) is 9.37 Å². The summed E-state index contributed by atoms with van der Waals surface area (Å²) < 4.78 is 19.4. The van der Waals surface area contributed by atoms with Crippen LogP contribution in [-0.2, 0) is 0 Å².